The second-order valence-corrected chi connectivity index (χ2v) is 9.67. The highest BCUT2D eigenvalue weighted by Gasteiger charge is 2.30. The van der Waals surface area contributed by atoms with Gasteiger partial charge in [0.15, 0.2) is 5.65 Å². The van der Waals surface area contributed by atoms with Crippen molar-refractivity contribution in [3.05, 3.63) is 57.6 Å². The van der Waals surface area contributed by atoms with E-state index in [-0.39, 0.29) is 30.2 Å². The highest BCUT2D eigenvalue weighted by atomic mass is 16.5. The van der Waals surface area contributed by atoms with Crippen molar-refractivity contribution in [2.75, 3.05) is 37.7 Å². The molecule has 0 spiro atoms. The van der Waals surface area contributed by atoms with Crippen LogP contribution in [0.4, 0.5) is 5.69 Å². The minimum atomic E-state index is -0.253. The van der Waals surface area contributed by atoms with E-state index in [0.29, 0.717) is 48.7 Å². The number of aromatic nitrogens is 3. The summed E-state index contributed by atoms with van der Waals surface area (Å²) in [6.45, 7) is 5.04. The van der Waals surface area contributed by atoms with Crippen LogP contribution in [-0.4, -0.2) is 69.9 Å². The van der Waals surface area contributed by atoms with Gasteiger partial charge in [0.05, 0.1) is 43.1 Å². The molecule has 1 unspecified atom stereocenters. The van der Waals surface area contributed by atoms with Crippen LogP contribution in [0, 0.1) is 11.3 Å². The molecule has 2 aliphatic rings. The highest BCUT2D eigenvalue weighted by molar-refractivity contribution is 5.98. The number of carbonyl (C=O) groups is 1. The Morgan fingerprint density at radius 2 is 2.11 bits per heavy atom. The SMILES string of the molecule is CC1COCCN1C(=O)c1cc(N2CCC[C@@H](N)C2)c2c(n1)n(C)c(=O)n2Cc1ccccc1C#N. The molecule has 2 fully saturated rings. The summed E-state index contributed by atoms with van der Waals surface area (Å²) in [5.41, 5.74) is 9.49. The number of piperidine rings is 1. The fourth-order valence-electron chi connectivity index (χ4n) is 5.21. The monoisotopic (exact) mass is 489 g/mol. The van der Waals surface area contributed by atoms with Gasteiger partial charge >= 0.3 is 5.69 Å². The fourth-order valence-corrected chi connectivity index (χ4v) is 5.21. The first kappa shape index (κ1) is 24.0. The molecule has 10 heteroatoms. The summed E-state index contributed by atoms with van der Waals surface area (Å²) in [5.74, 6) is -0.176. The van der Waals surface area contributed by atoms with Gasteiger partial charge in [-0.05, 0) is 37.5 Å². The quantitative estimate of drug-likeness (QED) is 0.588. The van der Waals surface area contributed by atoms with Gasteiger partial charge in [-0.15, -0.1) is 0 Å². The van der Waals surface area contributed by atoms with Gasteiger partial charge in [-0.2, -0.15) is 5.26 Å². The van der Waals surface area contributed by atoms with E-state index in [4.69, 9.17) is 15.5 Å². The number of fused-ring (bicyclic) bond motifs is 1. The molecule has 2 saturated heterocycles. The number of hydrogen-bond donors (Lipinski definition) is 1. The molecule has 5 rings (SSSR count). The number of nitrogens with two attached hydrogens (primary N) is 1. The smallest absolute Gasteiger partial charge is 0.330 e. The number of benzene rings is 1. The summed E-state index contributed by atoms with van der Waals surface area (Å²) in [5, 5.41) is 9.59. The van der Waals surface area contributed by atoms with E-state index in [9.17, 15) is 14.9 Å². The van der Waals surface area contributed by atoms with Crippen LogP contribution >= 0.6 is 0 Å². The van der Waals surface area contributed by atoms with Crippen LogP contribution in [0.15, 0.2) is 35.1 Å². The molecular weight excluding hydrogens is 458 g/mol. The van der Waals surface area contributed by atoms with Gasteiger partial charge in [0, 0.05) is 32.7 Å². The number of imidazole rings is 1. The number of ether oxygens (including phenoxy) is 1. The molecule has 188 valence electrons. The number of nitriles is 1. The van der Waals surface area contributed by atoms with E-state index in [1.807, 2.05) is 19.1 Å². The van der Waals surface area contributed by atoms with E-state index in [1.165, 1.54) is 4.57 Å². The third-order valence-electron chi connectivity index (χ3n) is 7.17. The highest BCUT2D eigenvalue weighted by Crippen LogP contribution is 2.30. The van der Waals surface area contributed by atoms with E-state index < -0.39 is 0 Å². The maximum absolute atomic E-state index is 13.6. The first-order valence-electron chi connectivity index (χ1n) is 12.4. The van der Waals surface area contributed by atoms with Crippen molar-refractivity contribution in [3.63, 3.8) is 0 Å². The van der Waals surface area contributed by atoms with Crippen molar-refractivity contribution in [2.24, 2.45) is 12.8 Å². The topological polar surface area (TPSA) is 122 Å². The van der Waals surface area contributed by atoms with Crippen molar-refractivity contribution in [2.45, 2.75) is 38.4 Å². The van der Waals surface area contributed by atoms with Crippen LogP contribution in [0.1, 0.15) is 41.4 Å². The number of aryl methyl sites for hydroxylation is 1. The van der Waals surface area contributed by atoms with E-state index in [0.717, 1.165) is 30.6 Å². The molecule has 0 bridgehead atoms. The van der Waals surface area contributed by atoms with Crippen LogP contribution in [0.2, 0.25) is 0 Å². The molecule has 4 heterocycles. The molecule has 2 aliphatic heterocycles. The molecule has 2 aromatic heterocycles. The lowest BCUT2D eigenvalue weighted by Gasteiger charge is -2.35. The Morgan fingerprint density at radius 3 is 2.86 bits per heavy atom. The Hall–Kier alpha value is -3.68. The van der Waals surface area contributed by atoms with Gasteiger partial charge in [-0.3, -0.25) is 13.9 Å². The lowest BCUT2D eigenvalue weighted by molar-refractivity contribution is 0.00329. The fraction of sp³-hybridized carbons (Fsp3) is 0.462. The Balaban J connectivity index is 1.69. The average molecular weight is 490 g/mol. The maximum atomic E-state index is 13.6. The summed E-state index contributed by atoms with van der Waals surface area (Å²) < 4.78 is 8.64. The molecule has 2 N–H and O–H groups in total. The zero-order valence-electron chi connectivity index (χ0n) is 20.7. The average Bonchev–Trinajstić information content (AvgIpc) is 3.13. The first-order valence-corrected chi connectivity index (χ1v) is 12.4. The third kappa shape index (κ3) is 4.25. The minimum absolute atomic E-state index is 0.00332. The van der Waals surface area contributed by atoms with Crippen molar-refractivity contribution in [1.29, 1.82) is 5.26 Å². The van der Waals surface area contributed by atoms with Crippen LogP contribution in [0.3, 0.4) is 0 Å². The van der Waals surface area contributed by atoms with Gasteiger partial charge < -0.3 is 20.3 Å². The van der Waals surface area contributed by atoms with Gasteiger partial charge in [0.25, 0.3) is 5.91 Å². The van der Waals surface area contributed by atoms with Crippen molar-refractivity contribution >= 4 is 22.8 Å². The largest absolute Gasteiger partial charge is 0.377 e. The third-order valence-corrected chi connectivity index (χ3v) is 7.17. The number of rotatable bonds is 4. The molecule has 2 atom stereocenters. The number of nitrogens with zero attached hydrogens (tertiary/aromatic N) is 6. The zero-order chi connectivity index (χ0) is 25.4. The molecule has 1 amide bonds. The lowest BCUT2D eigenvalue weighted by atomic mass is 10.1. The van der Waals surface area contributed by atoms with E-state index >= 15 is 0 Å². The lowest BCUT2D eigenvalue weighted by Crippen LogP contribution is -2.47. The molecule has 0 aliphatic carbocycles. The molecule has 1 aromatic carbocycles. The van der Waals surface area contributed by atoms with Crippen molar-refractivity contribution in [3.8, 4) is 6.07 Å². The van der Waals surface area contributed by atoms with Crippen LogP contribution in [-0.2, 0) is 18.3 Å². The van der Waals surface area contributed by atoms with Crippen LogP contribution in [0.25, 0.3) is 11.2 Å². The van der Waals surface area contributed by atoms with E-state index in [2.05, 4.69) is 11.0 Å². The number of hydrogen-bond acceptors (Lipinski definition) is 7. The molecule has 10 nitrogen and oxygen atoms in total. The summed E-state index contributed by atoms with van der Waals surface area (Å²) in [6, 6.07) is 11.2. The minimum Gasteiger partial charge on any atom is -0.377 e. The van der Waals surface area contributed by atoms with Crippen molar-refractivity contribution in [1.82, 2.24) is 19.0 Å². The number of morpholine rings is 1. The van der Waals surface area contributed by atoms with Gasteiger partial charge in [0.2, 0.25) is 0 Å². The summed E-state index contributed by atoms with van der Waals surface area (Å²) in [4.78, 5) is 35.7. The molecule has 0 radical (unpaired) electrons. The predicted octanol–water partition coefficient (Wildman–Crippen LogP) is 1.44. The Bertz CT molecular complexity index is 1400. The van der Waals surface area contributed by atoms with E-state index in [1.54, 1.807) is 34.7 Å². The Labute approximate surface area is 209 Å². The van der Waals surface area contributed by atoms with Crippen LogP contribution in [0.5, 0.6) is 0 Å². The van der Waals surface area contributed by atoms with Crippen LogP contribution < -0.4 is 16.3 Å². The summed E-state index contributed by atoms with van der Waals surface area (Å²) >= 11 is 0. The molecular formula is C26H31N7O3. The summed E-state index contributed by atoms with van der Waals surface area (Å²) in [7, 11) is 1.67. The first-order chi connectivity index (χ1) is 17.4. The normalized spacial score (nSPS) is 20.5. The van der Waals surface area contributed by atoms with Crippen molar-refractivity contribution < 1.29 is 9.53 Å². The second-order valence-electron chi connectivity index (χ2n) is 9.67. The van der Waals surface area contributed by atoms with Gasteiger partial charge in [0.1, 0.15) is 11.2 Å². The standard InChI is InChI=1S/C26H31N7O3/c1-17-16-36-11-10-32(17)25(34)21-12-22(31-9-5-8-20(28)15-31)23-24(29-21)30(2)26(35)33(23)14-19-7-4-3-6-18(19)13-27/h3-4,6-7,12,17,20H,5,8-11,14-16,28H2,1-2H3/t17?,20-/m1/s1. The zero-order valence-corrected chi connectivity index (χ0v) is 20.7. The maximum Gasteiger partial charge on any atom is 0.330 e. The molecule has 3 aromatic rings. The van der Waals surface area contributed by atoms with Gasteiger partial charge in [-0.1, -0.05) is 18.2 Å². The number of pyridine rings is 1. The number of amides is 1. The Morgan fingerprint density at radius 1 is 1.31 bits per heavy atom. The molecule has 36 heavy (non-hydrogen) atoms. The second kappa shape index (κ2) is 9.76. The predicted molar refractivity (Wildman–Crippen MR) is 136 cm³/mol. The number of carbonyl (C=O) groups excluding carboxylic acids is 1. The van der Waals surface area contributed by atoms with Gasteiger partial charge in [-0.25, -0.2) is 9.78 Å². The molecule has 0 saturated carbocycles. The Kier molecular flexibility index (Phi) is 6.51. The number of anilines is 1. The summed E-state index contributed by atoms with van der Waals surface area (Å²) in [6.07, 6.45) is 1.85.